The van der Waals surface area contributed by atoms with Crippen molar-refractivity contribution >= 4 is 34.4 Å². The summed E-state index contributed by atoms with van der Waals surface area (Å²) in [5.74, 6) is -1.31. The van der Waals surface area contributed by atoms with Crippen molar-refractivity contribution < 1.29 is 19.5 Å². The Bertz CT molecular complexity index is 1220. The number of benzene rings is 2. The van der Waals surface area contributed by atoms with E-state index in [1.807, 2.05) is 55.6 Å². The molecule has 0 radical (unpaired) electrons. The molecule has 1 aliphatic rings. The number of nitrogens with zero attached hydrogens (tertiary/aromatic N) is 2. The quantitative estimate of drug-likeness (QED) is 0.511. The number of nitrogens with one attached hydrogen (secondary N) is 2. The fourth-order valence-electron chi connectivity index (χ4n) is 4.56. The van der Waals surface area contributed by atoms with Gasteiger partial charge in [0, 0.05) is 24.0 Å². The fraction of sp³-hybridized carbons (Fsp3) is 0.385. The molecule has 8 heteroatoms. The molecule has 0 unspecified atom stereocenters. The van der Waals surface area contributed by atoms with Crippen molar-refractivity contribution in [2.45, 2.75) is 51.0 Å². The Kier molecular flexibility index (Phi) is 6.41. The normalized spacial score (nSPS) is 18.4. The van der Waals surface area contributed by atoms with Gasteiger partial charge in [0.1, 0.15) is 5.54 Å². The summed E-state index contributed by atoms with van der Waals surface area (Å²) < 4.78 is 1.70. The Hall–Kier alpha value is -3.68. The van der Waals surface area contributed by atoms with Crippen LogP contribution in [0.3, 0.4) is 0 Å². The van der Waals surface area contributed by atoms with Crippen LogP contribution in [-0.2, 0) is 16.6 Å². The van der Waals surface area contributed by atoms with Crippen molar-refractivity contribution in [3.05, 3.63) is 59.8 Å². The number of aromatic nitrogens is 2. The second-order valence-electron chi connectivity index (χ2n) is 9.53. The average molecular weight is 463 g/mol. The molecule has 2 amide bonds. The zero-order valence-electron chi connectivity index (χ0n) is 19.7. The van der Waals surface area contributed by atoms with Crippen LogP contribution in [0, 0.1) is 5.92 Å². The summed E-state index contributed by atoms with van der Waals surface area (Å²) in [4.78, 5) is 36.6. The van der Waals surface area contributed by atoms with Gasteiger partial charge in [0.15, 0.2) is 5.69 Å². The van der Waals surface area contributed by atoms with Crippen LogP contribution >= 0.6 is 0 Å². The number of aryl methyl sites for hydroxylation is 1. The molecule has 34 heavy (non-hydrogen) atoms. The molecule has 0 aliphatic heterocycles. The van der Waals surface area contributed by atoms with Crippen molar-refractivity contribution in [1.29, 1.82) is 0 Å². The van der Waals surface area contributed by atoms with Crippen LogP contribution in [0.25, 0.3) is 10.9 Å². The van der Waals surface area contributed by atoms with Gasteiger partial charge in [-0.25, -0.2) is 4.79 Å². The minimum absolute atomic E-state index is 0.165. The Morgan fingerprint density at radius 2 is 1.65 bits per heavy atom. The number of hydrogen-bond donors (Lipinski definition) is 3. The van der Waals surface area contributed by atoms with E-state index in [4.69, 9.17) is 0 Å². The number of amides is 2. The van der Waals surface area contributed by atoms with E-state index in [1.165, 1.54) is 19.4 Å². The van der Waals surface area contributed by atoms with Gasteiger partial charge in [0.25, 0.3) is 5.91 Å². The van der Waals surface area contributed by atoms with Gasteiger partial charge in [-0.3, -0.25) is 14.3 Å². The number of fused-ring (bicyclic) bond motifs is 1. The van der Waals surface area contributed by atoms with Gasteiger partial charge >= 0.3 is 5.97 Å². The Morgan fingerprint density at radius 3 is 2.29 bits per heavy atom. The van der Waals surface area contributed by atoms with E-state index in [-0.39, 0.29) is 17.7 Å². The highest BCUT2D eigenvalue weighted by Crippen LogP contribution is 2.36. The molecule has 1 aliphatic carbocycles. The maximum atomic E-state index is 12.8. The van der Waals surface area contributed by atoms with Crippen LogP contribution in [0.15, 0.2) is 48.5 Å². The maximum Gasteiger partial charge on any atom is 0.328 e. The lowest BCUT2D eigenvalue weighted by Crippen LogP contribution is -2.51. The lowest BCUT2D eigenvalue weighted by atomic mass is 9.78. The first-order valence-corrected chi connectivity index (χ1v) is 11.5. The third-order valence-corrected chi connectivity index (χ3v) is 6.68. The molecule has 1 heterocycles. The van der Waals surface area contributed by atoms with Crippen LogP contribution in [0.5, 0.6) is 0 Å². The molecule has 1 fully saturated rings. The number of aliphatic carboxylic acids is 1. The number of carbonyl (C=O) groups is 3. The van der Waals surface area contributed by atoms with Gasteiger partial charge in [-0.2, -0.15) is 5.10 Å². The van der Waals surface area contributed by atoms with E-state index in [0.29, 0.717) is 17.3 Å². The first kappa shape index (κ1) is 23.5. The summed E-state index contributed by atoms with van der Waals surface area (Å²) in [5, 5.41) is 20.0. The largest absolute Gasteiger partial charge is 0.480 e. The maximum absolute atomic E-state index is 12.8. The van der Waals surface area contributed by atoms with E-state index in [9.17, 15) is 19.5 Å². The van der Waals surface area contributed by atoms with E-state index in [2.05, 4.69) is 15.7 Å². The highest BCUT2D eigenvalue weighted by molar-refractivity contribution is 6.11. The van der Waals surface area contributed by atoms with Crippen molar-refractivity contribution in [2.24, 2.45) is 13.0 Å². The Balaban J connectivity index is 1.35. The molecule has 4 rings (SSSR count). The number of rotatable bonds is 6. The fourth-order valence-corrected chi connectivity index (χ4v) is 4.56. The molecule has 1 saturated carbocycles. The summed E-state index contributed by atoms with van der Waals surface area (Å²) in [6.45, 7) is 2.99. The predicted octanol–water partition coefficient (Wildman–Crippen LogP) is 4.08. The standard InChI is InChI=1S/C26H30N4O4/c1-26(2,25(33)34)28-23(31)18-10-8-16(9-11-18)17-12-14-19(15-13-17)27-24(32)22-20-6-4-5-7-21(20)30(3)29-22/h4-7,12-16,18H,8-11H2,1-3H3,(H,27,32)(H,28,31)(H,33,34). The Morgan fingerprint density at radius 1 is 1.00 bits per heavy atom. The van der Waals surface area contributed by atoms with Gasteiger partial charge < -0.3 is 15.7 Å². The first-order valence-electron chi connectivity index (χ1n) is 11.5. The molecule has 0 bridgehead atoms. The van der Waals surface area contributed by atoms with E-state index >= 15 is 0 Å². The van der Waals surface area contributed by atoms with E-state index in [1.54, 1.807) is 4.68 Å². The highest BCUT2D eigenvalue weighted by atomic mass is 16.4. The molecule has 1 aromatic heterocycles. The van der Waals surface area contributed by atoms with E-state index < -0.39 is 11.5 Å². The zero-order valence-corrected chi connectivity index (χ0v) is 19.7. The highest BCUT2D eigenvalue weighted by Gasteiger charge is 2.33. The lowest BCUT2D eigenvalue weighted by molar-refractivity contribution is -0.146. The molecule has 0 saturated heterocycles. The van der Waals surface area contributed by atoms with E-state index in [0.717, 1.165) is 36.6 Å². The van der Waals surface area contributed by atoms with Crippen LogP contribution in [0.2, 0.25) is 0 Å². The molecule has 3 N–H and O–H groups in total. The first-order chi connectivity index (χ1) is 16.2. The number of para-hydroxylation sites is 1. The molecule has 8 nitrogen and oxygen atoms in total. The number of carboxylic acids is 1. The SMILES string of the molecule is Cn1nc(C(=O)Nc2ccc(C3CCC(C(=O)NC(C)(C)C(=O)O)CC3)cc2)c2ccccc21. The zero-order chi connectivity index (χ0) is 24.5. The second-order valence-corrected chi connectivity index (χ2v) is 9.53. The smallest absolute Gasteiger partial charge is 0.328 e. The summed E-state index contributed by atoms with van der Waals surface area (Å²) in [7, 11) is 1.82. The van der Waals surface area contributed by atoms with Crippen molar-refractivity contribution in [3.63, 3.8) is 0 Å². The minimum Gasteiger partial charge on any atom is -0.480 e. The third kappa shape index (κ3) is 4.81. The molecule has 178 valence electrons. The average Bonchev–Trinajstić information content (AvgIpc) is 3.16. The number of carbonyl (C=O) groups excluding carboxylic acids is 2. The molecule has 0 spiro atoms. The number of carboxylic acid groups (broad SMARTS) is 1. The predicted molar refractivity (Wildman–Crippen MR) is 130 cm³/mol. The van der Waals surface area contributed by atoms with Crippen LogP contribution < -0.4 is 10.6 Å². The second kappa shape index (κ2) is 9.29. The van der Waals surface area contributed by atoms with Gasteiger partial charge in [0.05, 0.1) is 5.52 Å². The van der Waals surface area contributed by atoms with Crippen molar-refractivity contribution in [3.8, 4) is 0 Å². The lowest BCUT2D eigenvalue weighted by Gasteiger charge is -2.30. The molecular weight excluding hydrogens is 432 g/mol. The summed E-state index contributed by atoms with van der Waals surface area (Å²) in [5.41, 5.74) is 1.90. The van der Waals surface area contributed by atoms with Crippen LogP contribution in [0.4, 0.5) is 5.69 Å². The number of anilines is 1. The Labute approximate surface area is 198 Å². The topological polar surface area (TPSA) is 113 Å². The third-order valence-electron chi connectivity index (χ3n) is 6.68. The van der Waals surface area contributed by atoms with Crippen LogP contribution in [-0.4, -0.2) is 38.2 Å². The molecule has 2 aromatic carbocycles. The van der Waals surface area contributed by atoms with Gasteiger partial charge in [-0.1, -0.05) is 30.3 Å². The summed E-state index contributed by atoms with van der Waals surface area (Å²) in [6.07, 6.45) is 3.16. The van der Waals surface area contributed by atoms with Crippen LogP contribution in [0.1, 0.15) is 61.5 Å². The van der Waals surface area contributed by atoms with Crippen molar-refractivity contribution in [2.75, 3.05) is 5.32 Å². The monoisotopic (exact) mass is 462 g/mol. The molecule has 0 atom stereocenters. The van der Waals surface area contributed by atoms with Gasteiger partial charge in [-0.15, -0.1) is 0 Å². The molecule has 3 aromatic rings. The minimum atomic E-state index is -1.27. The van der Waals surface area contributed by atoms with Gasteiger partial charge in [-0.05, 0) is 69.2 Å². The van der Waals surface area contributed by atoms with Gasteiger partial charge in [0.2, 0.25) is 5.91 Å². The summed E-state index contributed by atoms with van der Waals surface area (Å²) >= 11 is 0. The van der Waals surface area contributed by atoms with Crippen molar-refractivity contribution in [1.82, 2.24) is 15.1 Å². The number of hydrogen-bond acceptors (Lipinski definition) is 4. The molecular formula is C26H30N4O4. The summed E-state index contributed by atoms with van der Waals surface area (Å²) in [6, 6.07) is 15.5.